The summed E-state index contributed by atoms with van der Waals surface area (Å²) in [4.78, 5) is 9.68. The quantitative estimate of drug-likeness (QED) is 0.893. The Morgan fingerprint density at radius 2 is 1.70 bits per heavy atom. The predicted molar refractivity (Wildman–Crippen MR) is 84.1 cm³/mol. The predicted octanol–water partition coefficient (Wildman–Crippen LogP) is 3.54. The summed E-state index contributed by atoms with van der Waals surface area (Å²) in [5, 5.41) is 3.25. The highest BCUT2D eigenvalue weighted by atomic mass is 14.9. The molecule has 1 heterocycles. The molecule has 0 bridgehead atoms. The van der Waals surface area contributed by atoms with E-state index in [1.165, 1.54) is 49.1 Å². The summed E-state index contributed by atoms with van der Waals surface area (Å²) >= 11 is 0. The van der Waals surface area contributed by atoms with Crippen molar-refractivity contribution in [3.05, 3.63) is 22.8 Å². The third-order valence-corrected chi connectivity index (χ3v) is 4.51. The molecule has 0 aliphatic heterocycles. The molecule has 1 N–H and O–H groups in total. The molecule has 0 spiro atoms. The highest BCUT2D eigenvalue weighted by Gasteiger charge is 2.20. The summed E-state index contributed by atoms with van der Waals surface area (Å²) in [5.74, 6) is 2.33. The summed E-state index contributed by atoms with van der Waals surface area (Å²) in [6, 6.07) is 0. The Labute approximate surface area is 123 Å². The van der Waals surface area contributed by atoms with Crippen LogP contribution in [0.15, 0.2) is 0 Å². The van der Waals surface area contributed by atoms with Crippen LogP contribution < -0.4 is 5.32 Å². The highest BCUT2D eigenvalue weighted by molar-refractivity contribution is 5.25. The lowest BCUT2D eigenvalue weighted by Crippen LogP contribution is -2.20. The van der Waals surface area contributed by atoms with E-state index in [0.29, 0.717) is 11.8 Å². The number of nitrogens with zero attached hydrogens (tertiary/aromatic N) is 2. The zero-order valence-corrected chi connectivity index (χ0v) is 13.5. The van der Waals surface area contributed by atoms with Crippen molar-refractivity contribution in [3.63, 3.8) is 0 Å². The SMILES string of the molecule is CNCC(C)Cc1c(C)nc(C2CCCCC2)nc1C. The number of hydrogen-bond acceptors (Lipinski definition) is 3. The maximum Gasteiger partial charge on any atom is 0.131 e. The number of aromatic nitrogens is 2. The van der Waals surface area contributed by atoms with Crippen LogP contribution in [0.2, 0.25) is 0 Å². The minimum absolute atomic E-state index is 0.602. The molecule has 1 saturated carbocycles. The second-order valence-electron chi connectivity index (χ2n) is 6.43. The van der Waals surface area contributed by atoms with Gasteiger partial charge in [-0.1, -0.05) is 26.2 Å². The number of nitrogens with one attached hydrogen (secondary N) is 1. The van der Waals surface area contributed by atoms with Gasteiger partial charge in [0.2, 0.25) is 0 Å². The van der Waals surface area contributed by atoms with Gasteiger partial charge in [-0.3, -0.25) is 0 Å². The molecule has 2 rings (SSSR count). The minimum Gasteiger partial charge on any atom is -0.319 e. The summed E-state index contributed by atoms with van der Waals surface area (Å²) < 4.78 is 0. The molecule has 1 aromatic rings. The van der Waals surface area contributed by atoms with Gasteiger partial charge in [0.05, 0.1) is 0 Å². The first-order valence-corrected chi connectivity index (χ1v) is 8.10. The molecule has 1 aliphatic carbocycles. The van der Waals surface area contributed by atoms with E-state index in [2.05, 4.69) is 26.1 Å². The fraction of sp³-hybridized carbons (Fsp3) is 0.765. The molecule has 1 aliphatic rings. The van der Waals surface area contributed by atoms with Crippen LogP contribution in [0.25, 0.3) is 0 Å². The number of aryl methyl sites for hydroxylation is 2. The number of hydrogen-bond donors (Lipinski definition) is 1. The molecule has 0 aromatic carbocycles. The van der Waals surface area contributed by atoms with Crippen LogP contribution in [0.3, 0.4) is 0 Å². The van der Waals surface area contributed by atoms with Crippen molar-refractivity contribution < 1.29 is 0 Å². The van der Waals surface area contributed by atoms with E-state index in [9.17, 15) is 0 Å². The first kappa shape index (κ1) is 15.4. The Bertz CT molecular complexity index is 413. The van der Waals surface area contributed by atoms with E-state index in [0.717, 1.165) is 18.8 Å². The average molecular weight is 275 g/mol. The third kappa shape index (κ3) is 3.78. The summed E-state index contributed by atoms with van der Waals surface area (Å²) in [5.41, 5.74) is 3.74. The van der Waals surface area contributed by atoms with Crippen molar-refractivity contribution in [1.82, 2.24) is 15.3 Å². The van der Waals surface area contributed by atoms with Crippen molar-refractivity contribution >= 4 is 0 Å². The Morgan fingerprint density at radius 1 is 1.10 bits per heavy atom. The Balaban J connectivity index is 2.15. The molecule has 1 atom stereocenters. The molecule has 1 aromatic heterocycles. The van der Waals surface area contributed by atoms with Gasteiger partial charge in [0, 0.05) is 17.3 Å². The van der Waals surface area contributed by atoms with Gasteiger partial charge in [-0.2, -0.15) is 0 Å². The highest BCUT2D eigenvalue weighted by Crippen LogP contribution is 2.31. The zero-order valence-electron chi connectivity index (χ0n) is 13.5. The molecule has 0 radical (unpaired) electrons. The lowest BCUT2D eigenvalue weighted by atomic mass is 9.88. The largest absolute Gasteiger partial charge is 0.319 e. The fourth-order valence-electron chi connectivity index (χ4n) is 3.37. The van der Waals surface area contributed by atoms with Crippen LogP contribution in [0, 0.1) is 19.8 Å². The topological polar surface area (TPSA) is 37.8 Å². The van der Waals surface area contributed by atoms with Crippen LogP contribution in [-0.4, -0.2) is 23.6 Å². The Kier molecular flexibility index (Phi) is 5.53. The minimum atomic E-state index is 0.602. The maximum atomic E-state index is 4.84. The van der Waals surface area contributed by atoms with Gasteiger partial charge < -0.3 is 5.32 Å². The van der Waals surface area contributed by atoms with Gasteiger partial charge in [0.1, 0.15) is 5.82 Å². The van der Waals surface area contributed by atoms with Gasteiger partial charge in [-0.25, -0.2) is 9.97 Å². The molecule has 3 nitrogen and oxygen atoms in total. The van der Waals surface area contributed by atoms with Gasteiger partial charge in [0.15, 0.2) is 0 Å². The molecule has 112 valence electrons. The fourth-order valence-corrected chi connectivity index (χ4v) is 3.37. The smallest absolute Gasteiger partial charge is 0.131 e. The van der Waals surface area contributed by atoms with E-state index in [4.69, 9.17) is 9.97 Å². The summed E-state index contributed by atoms with van der Waals surface area (Å²) in [7, 11) is 2.01. The Morgan fingerprint density at radius 3 is 2.25 bits per heavy atom. The monoisotopic (exact) mass is 275 g/mol. The molecule has 20 heavy (non-hydrogen) atoms. The van der Waals surface area contributed by atoms with E-state index in [-0.39, 0.29) is 0 Å². The standard InChI is InChI=1S/C17H29N3/c1-12(11-18-4)10-16-13(2)19-17(20-14(16)3)15-8-6-5-7-9-15/h12,15,18H,5-11H2,1-4H3. The lowest BCUT2D eigenvalue weighted by Gasteiger charge is -2.22. The Hall–Kier alpha value is -0.960. The summed E-state index contributed by atoms with van der Waals surface area (Å²) in [6.07, 6.45) is 7.68. The molecule has 3 heteroatoms. The van der Waals surface area contributed by atoms with Gasteiger partial charge in [-0.15, -0.1) is 0 Å². The van der Waals surface area contributed by atoms with E-state index < -0.39 is 0 Å². The van der Waals surface area contributed by atoms with E-state index in [1.54, 1.807) is 0 Å². The molecular weight excluding hydrogens is 246 g/mol. The van der Waals surface area contributed by atoms with Gasteiger partial charge in [-0.05, 0) is 58.2 Å². The first-order chi connectivity index (χ1) is 9.61. The van der Waals surface area contributed by atoms with Crippen molar-refractivity contribution in [1.29, 1.82) is 0 Å². The second kappa shape index (κ2) is 7.16. The van der Waals surface area contributed by atoms with Crippen molar-refractivity contribution in [2.24, 2.45) is 5.92 Å². The second-order valence-corrected chi connectivity index (χ2v) is 6.43. The van der Waals surface area contributed by atoms with Crippen LogP contribution in [0.5, 0.6) is 0 Å². The van der Waals surface area contributed by atoms with Crippen LogP contribution >= 0.6 is 0 Å². The van der Waals surface area contributed by atoms with Crippen molar-refractivity contribution in [3.8, 4) is 0 Å². The average Bonchev–Trinajstić information content (AvgIpc) is 2.44. The zero-order chi connectivity index (χ0) is 14.5. The van der Waals surface area contributed by atoms with Gasteiger partial charge >= 0.3 is 0 Å². The van der Waals surface area contributed by atoms with Crippen LogP contribution in [0.4, 0.5) is 0 Å². The normalized spacial score (nSPS) is 18.2. The summed E-state index contributed by atoms with van der Waals surface area (Å²) in [6.45, 7) is 7.64. The first-order valence-electron chi connectivity index (χ1n) is 8.10. The van der Waals surface area contributed by atoms with Crippen LogP contribution in [-0.2, 0) is 6.42 Å². The van der Waals surface area contributed by atoms with E-state index >= 15 is 0 Å². The maximum absolute atomic E-state index is 4.84. The molecule has 1 fully saturated rings. The van der Waals surface area contributed by atoms with Gasteiger partial charge in [0.25, 0.3) is 0 Å². The molecule has 0 saturated heterocycles. The molecule has 1 unspecified atom stereocenters. The number of rotatable bonds is 5. The van der Waals surface area contributed by atoms with Crippen molar-refractivity contribution in [2.45, 2.75) is 65.2 Å². The van der Waals surface area contributed by atoms with Crippen LogP contribution in [0.1, 0.15) is 67.7 Å². The third-order valence-electron chi connectivity index (χ3n) is 4.51. The van der Waals surface area contributed by atoms with E-state index in [1.807, 2.05) is 7.05 Å². The van der Waals surface area contributed by atoms with Crippen molar-refractivity contribution in [2.75, 3.05) is 13.6 Å². The molecular formula is C17H29N3. The molecule has 0 amide bonds. The lowest BCUT2D eigenvalue weighted by molar-refractivity contribution is 0.426.